The Morgan fingerprint density at radius 1 is 1.21 bits per heavy atom. The first kappa shape index (κ1) is 20.1. The Bertz CT molecular complexity index is 932. The molecule has 0 radical (unpaired) electrons. The highest BCUT2D eigenvalue weighted by molar-refractivity contribution is 5.92. The lowest BCUT2D eigenvalue weighted by atomic mass is 10.1. The van der Waals surface area contributed by atoms with Crippen molar-refractivity contribution in [1.29, 1.82) is 0 Å². The van der Waals surface area contributed by atoms with Gasteiger partial charge in [-0.15, -0.1) is 0 Å². The molecular formula is C19H21F3N4O2. The summed E-state index contributed by atoms with van der Waals surface area (Å²) >= 11 is 0. The topological polar surface area (TPSA) is 67.2 Å². The van der Waals surface area contributed by atoms with Gasteiger partial charge in [0, 0.05) is 17.8 Å². The number of nitrogens with zero attached hydrogens (tertiary/aromatic N) is 3. The Hall–Kier alpha value is -2.68. The van der Waals surface area contributed by atoms with Crippen molar-refractivity contribution in [3.05, 3.63) is 57.5 Å². The Balaban J connectivity index is 1.96. The fraction of sp³-hybridized carbons (Fsp3) is 0.421. The monoisotopic (exact) mass is 394 g/mol. The van der Waals surface area contributed by atoms with E-state index in [1.165, 1.54) is 25.1 Å². The van der Waals surface area contributed by atoms with Crippen LogP contribution < -0.4 is 10.7 Å². The normalized spacial score (nSPS) is 16.2. The van der Waals surface area contributed by atoms with Gasteiger partial charge in [0.15, 0.2) is 5.69 Å². The molecule has 6 nitrogen and oxygen atoms in total. The largest absolute Gasteiger partial charge is 0.418 e. The number of carbonyl (C=O) groups excluding carboxylic acids is 1. The number of nitrogens with one attached hydrogen (secondary N) is 1. The van der Waals surface area contributed by atoms with Crippen LogP contribution in [0.2, 0.25) is 0 Å². The van der Waals surface area contributed by atoms with Gasteiger partial charge in [0.2, 0.25) is 5.43 Å². The van der Waals surface area contributed by atoms with Crippen molar-refractivity contribution in [2.24, 2.45) is 0 Å². The molecule has 0 aliphatic carbocycles. The predicted octanol–water partition coefficient (Wildman–Crippen LogP) is 2.38. The third-order valence-electron chi connectivity index (χ3n) is 4.81. The van der Waals surface area contributed by atoms with Crippen LogP contribution in [0.1, 0.15) is 34.6 Å². The van der Waals surface area contributed by atoms with Crippen LogP contribution >= 0.6 is 0 Å². The molecule has 0 unspecified atom stereocenters. The molecule has 0 saturated carbocycles. The molecule has 1 N–H and O–H groups in total. The lowest BCUT2D eigenvalue weighted by Gasteiger charge is -2.29. The number of hydrogen-bond donors (Lipinski definition) is 1. The van der Waals surface area contributed by atoms with E-state index in [0.717, 1.165) is 42.7 Å². The number of para-hydroxylation sites is 1. The van der Waals surface area contributed by atoms with Crippen molar-refractivity contribution in [3.8, 4) is 5.69 Å². The van der Waals surface area contributed by atoms with Gasteiger partial charge in [-0.2, -0.15) is 18.3 Å². The average Bonchev–Trinajstić information content (AvgIpc) is 2.63. The number of rotatable bonds is 3. The van der Waals surface area contributed by atoms with E-state index < -0.39 is 28.8 Å². The van der Waals surface area contributed by atoms with Crippen LogP contribution in [-0.2, 0) is 6.18 Å². The summed E-state index contributed by atoms with van der Waals surface area (Å²) in [5, 5.41) is 6.75. The lowest BCUT2D eigenvalue weighted by Crippen LogP contribution is -2.45. The molecule has 0 atom stereocenters. The molecule has 0 spiro atoms. The third-order valence-corrected chi connectivity index (χ3v) is 4.81. The van der Waals surface area contributed by atoms with E-state index in [-0.39, 0.29) is 17.4 Å². The summed E-state index contributed by atoms with van der Waals surface area (Å²) in [7, 11) is 1.98. The van der Waals surface area contributed by atoms with E-state index in [4.69, 9.17) is 0 Å². The quantitative estimate of drug-likeness (QED) is 0.868. The predicted molar refractivity (Wildman–Crippen MR) is 97.6 cm³/mol. The van der Waals surface area contributed by atoms with Crippen molar-refractivity contribution in [3.63, 3.8) is 0 Å². The zero-order chi connectivity index (χ0) is 20.5. The van der Waals surface area contributed by atoms with Crippen molar-refractivity contribution >= 4 is 5.91 Å². The molecule has 0 bridgehead atoms. The zero-order valence-electron chi connectivity index (χ0n) is 15.6. The van der Waals surface area contributed by atoms with Crippen molar-refractivity contribution < 1.29 is 18.0 Å². The molecule has 2 heterocycles. The van der Waals surface area contributed by atoms with Gasteiger partial charge in [0.05, 0.1) is 11.3 Å². The fourth-order valence-corrected chi connectivity index (χ4v) is 3.25. The number of amides is 1. The number of likely N-dealkylation sites (tertiary alicyclic amines) is 1. The Morgan fingerprint density at radius 3 is 2.50 bits per heavy atom. The number of aryl methyl sites for hydroxylation is 1. The number of piperidine rings is 1. The first-order valence-corrected chi connectivity index (χ1v) is 8.94. The van der Waals surface area contributed by atoms with Crippen LogP contribution in [-0.4, -0.2) is 46.8 Å². The number of benzene rings is 1. The minimum atomic E-state index is -4.59. The van der Waals surface area contributed by atoms with Crippen LogP contribution in [0, 0.1) is 6.92 Å². The van der Waals surface area contributed by atoms with Crippen LogP contribution in [0.4, 0.5) is 13.2 Å². The summed E-state index contributed by atoms with van der Waals surface area (Å²) < 4.78 is 41.1. The van der Waals surface area contributed by atoms with Gasteiger partial charge in [0.1, 0.15) is 0 Å². The summed E-state index contributed by atoms with van der Waals surface area (Å²) in [5.74, 6) is -0.669. The van der Waals surface area contributed by atoms with Crippen LogP contribution in [0.3, 0.4) is 0 Å². The van der Waals surface area contributed by atoms with Crippen LogP contribution in [0.25, 0.3) is 5.69 Å². The van der Waals surface area contributed by atoms with Crippen LogP contribution in [0.5, 0.6) is 0 Å². The Kier molecular flexibility index (Phi) is 5.55. The van der Waals surface area contributed by atoms with E-state index in [2.05, 4.69) is 15.3 Å². The number of hydrogen-bond acceptors (Lipinski definition) is 4. The summed E-state index contributed by atoms with van der Waals surface area (Å²) in [5.41, 5.74) is -1.96. The molecule has 3 rings (SSSR count). The second kappa shape index (κ2) is 7.75. The number of alkyl halides is 3. The third kappa shape index (κ3) is 4.24. The SMILES string of the molecule is Cc1cc(=O)c(C(=O)NC2CCN(C)CC2)nn1-c1ccccc1C(F)(F)F. The minimum Gasteiger partial charge on any atom is -0.348 e. The second-order valence-corrected chi connectivity index (χ2v) is 6.98. The number of halogens is 3. The van der Waals surface area contributed by atoms with Crippen molar-refractivity contribution in [2.75, 3.05) is 20.1 Å². The molecule has 1 amide bonds. The van der Waals surface area contributed by atoms with E-state index in [0.29, 0.717) is 0 Å². The van der Waals surface area contributed by atoms with E-state index in [1.54, 1.807) is 0 Å². The average molecular weight is 394 g/mol. The highest BCUT2D eigenvalue weighted by Gasteiger charge is 2.34. The van der Waals surface area contributed by atoms with Crippen LogP contribution in [0.15, 0.2) is 35.1 Å². The summed E-state index contributed by atoms with van der Waals surface area (Å²) in [6, 6.07) is 5.95. The van der Waals surface area contributed by atoms with Gasteiger partial charge in [-0.25, -0.2) is 4.68 Å². The number of carbonyl (C=O) groups is 1. The molecule has 150 valence electrons. The second-order valence-electron chi connectivity index (χ2n) is 6.98. The Morgan fingerprint density at radius 2 is 1.86 bits per heavy atom. The standard InChI is InChI=1S/C19H21F3N4O2/c1-12-11-16(27)17(18(28)23-13-7-9-25(2)10-8-13)24-26(12)15-6-4-3-5-14(15)19(20,21)22/h3-6,11,13H,7-10H2,1-2H3,(H,23,28). The lowest BCUT2D eigenvalue weighted by molar-refractivity contribution is -0.137. The van der Waals surface area contributed by atoms with Gasteiger partial charge in [-0.05, 0) is 52.0 Å². The van der Waals surface area contributed by atoms with Crippen molar-refractivity contribution in [2.45, 2.75) is 32.0 Å². The fourth-order valence-electron chi connectivity index (χ4n) is 3.25. The maximum atomic E-state index is 13.4. The molecule has 1 aromatic heterocycles. The molecule has 2 aromatic rings. The molecule has 1 fully saturated rings. The van der Waals surface area contributed by atoms with Gasteiger partial charge in [-0.3, -0.25) is 9.59 Å². The molecule has 1 aliphatic rings. The van der Waals surface area contributed by atoms with Gasteiger partial charge >= 0.3 is 6.18 Å². The number of aromatic nitrogens is 2. The van der Waals surface area contributed by atoms with Gasteiger partial charge in [-0.1, -0.05) is 12.1 Å². The maximum absolute atomic E-state index is 13.4. The summed E-state index contributed by atoms with van der Waals surface area (Å²) in [6.07, 6.45) is -3.12. The molecule has 1 saturated heterocycles. The smallest absolute Gasteiger partial charge is 0.348 e. The summed E-state index contributed by atoms with van der Waals surface area (Å²) in [4.78, 5) is 27.0. The maximum Gasteiger partial charge on any atom is 0.418 e. The van der Waals surface area contributed by atoms with E-state index in [9.17, 15) is 22.8 Å². The zero-order valence-corrected chi connectivity index (χ0v) is 15.6. The first-order valence-electron chi connectivity index (χ1n) is 8.94. The van der Waals surface area contributed by atoms with E-state index in [1.807, 2.05) is 7.05 Å². The van der Waals surface area contributed by atoms with Crippen molar-refractivity contribution in [1.82, 2.24) is 20.0 Å². The van der Waals surface area contributed by atoms with Gasteiger partial charge < -0.3 is 10.2 Å². The molecule has 1 aromatic carbocycles. The first-order chi connectivity index (χ1) is 13.2. The molecule has 9 heteroatoms. The Labute approximate surface area is 160 Å². The minimum absolute atomic E-state index is 0.0953. The molecule has 28 heavy (non-hydrogen) atoms. The highest BCUT2D eigenvalue weighted by atomic mass is 19.4. The van der Waals surface area contributed by atoms with E-state index >= 15 is 0 Å². The van der Waals surface area contributed by atoms with Gasteiger partial charge in [0.25, 0.3) is 5.91 Å². The molecular weight excluding hydrogens is 373 g/mol. The summed E-state index contributed by atoms with van der Waals surface area (Å²) in [6.45, 7) is 3.10. The highest BCUT2D eigenvalue weighted by Crippen LogP contribution is 2.33. The molecule has 1 aliphatic heterocycles.